The number of benzene rings is 1. The van der Waals surface area contributed by atoms with Gasteiger partial charge < -0.3 is 10.5 Å². The number of nitrogen functional groups attached to an aromatic ring is 1. The third kappa shape index (κ3) is 3.64. The van der Waals surface area contributed by atoms with Crippen molar-refractivity contribution < 1.29 is 13.2 Å². The number of rotatable bonds is 6. The molecule has 0 amide bonds. The van der Waals surface area contributed by atoms with Crippen LogP contribution in [0.25, 0.3) is 0 Å². The molecule has 3 N–H and O–H groups in total. The van der Waals surface area contributed by atoms with Crippen LogP contribution in [-0.4, -0.2) is 33.1 Å². The average molecular weight is 330 g/mol. The fraction of sp³-hybridized carbons (Fsp3) is 0.571. The van der Waals surface area contributed by atoms with Crippen LogP contribution in [0.5, 0.6) is 5.75 Å². The van der Waals surface area contributed by atoms with Crippen LogP contribution >= 0.6 is 11.8 Å². The van der Waals surface area contributed by atoms with Gasteiger partial charge in [0, 0.05) is 11.3 Å². The van der Waals surface area contributed by atoms with E-state index in [9.17, 15) is 8.42 Å². The van der Waals surface area contributed by atoms with E-state index >= 15 is 0 Å². The smallest absolute Gasteiger partial charge is 0.240 e. The van der Waals surface area contributed by atoms with E-state index in [1.165, 1.54) is 19.2 Å². The van der Waals surface area contributed by atoms with Gasteiger partial charge in [0.25, 0.3) is 0 Å². The molecule has 0 aliphatic heterocycles. The number of sulfonamides is 1. The standard InChI is InChI=1S/C14H22N2O3S2/c1-19-13-6-5-11(9-12(13)15)21(17,18)16-10-14(20-2)7-3-4-8-14/h5-6,9,16H,3-4,7-8,10,15H2,1-2H3. The van der Waals surface area contributed by atoms with Gasteiger partial charge in [-0.2, -0.15) is 11.8 Å². The summed E-state index contributed by atoms with van der Waals surface area (Å²) in [5.41, 5.74) is 6.10. The Labute approximate surface area is 130 Å². The highest BCUT2D eigenvalue weighted by Crippen LogP contribution is 2.39. The van der Waals surface area contributed by atoms with Crippen LogP contribution in [0.1, 0.15) is 25.7 Å². The third-order valence-corrected chi connectivity index (χ3v) is 6.86. The Morgan fingerprint density at radius 2 is 2.05 bits per heavy atom. The molecule has 5 nitrogen and oxygen atoms in total. The number of ether oxygens (including phenoxy) is 1. The van der Waals surface area contributed by atoms with Crippen molar-refractivity contribution in [2.45, 2.75) is 35.3 Å². The maximum absolute atomic E-state index is 12.4. The van der Waals surface area contributed by atoms with Crippen molar-refractivity contribution in [1.82, 2.24) is 4.72 Å². The van der Waals surface area contributed by atoms with Crippen LogP contribution in [0.4, 0.5) is 5.69 Å². The van der Waals surface area contributed by atoms with Crippen molar-refractivity contribution in [2.24, 2.45) is 0 Å². The van der Waals surface area contributed by atoms with Gasteiger partial charge in [0.05, 0.1) is 17.7 Å². The Kier molecular flexibility index (Phi) is 5.06. The number of hydrogen-bond acceptors (Lipinski definition) is 5. The molecule has 1 fully saturated rings. The van der Waals surface area contributed by atoms with Crippen molar-refractivity contribution in [3.63, 3.8) is 0 Å². The molecular formula is C14H22N2O3S2. The molecule has 7 heteroatoms. The Balaban J connectivity index is 2.13. The number of hydrogen-bond donors (Lipinski definition) is 2. The highest BCUT2D eigenvalue weighted by molar-refractivity contribution is 8.00. The van der Waals surface area contributed by atoms with Crippen LogP contribution in [0.2, 0.25) is 0 Å². The summed E-state index contributed by atoms with van der Waals surface area (Å²) in [5.74, 6) is 0.477. The molecule has 0 spiro atoms. The zero-order chi connectivity index (χ0) is 15.5. The number of nitrogens with two attached hydrogens (primary N) is 1. The lowest BCUT2D eigenvalue weighted by molar-refractivity contribution is 0.416. The predicted molar refractivity (Wildman–Crippen MR) is 87.3 cm³/mol. The summed E-state index contributed by atoms with van der Waals surface area (Å²) in [6.45, 7) is 0.461. The topological polar surface area (TPSA) is 81.4 Å². The fourth-order valence-corrected chi connectivity index (χ4v) is 4.83. The third-order valence-electron chi connectivity index (χ3n) is 4.04. The van der Waals surface area contributed by atoms with Crippen molar-refractivity contribution in [3.8, 4) is 5.75 Å². The van der Waals surface area contributed by atoms with E-state index in [1.807, 2.05) is 6.26 Å². The Morgan fingerprint density at radius 3 is 2.57 bits per heavy atom. The first-order valence-electron chi connectivity index (χ1n) is 6.91. The van der Waals surface area contributed by atoms with Gasteiger partial charge in [0.15, 0.2) is 0 Å². The highest BCUT2D eigenvalue weighted by Gasteiger charge is 2.34. The summed E-state index contributed by atoms with van der Waals surface area (Å²) in [6, 6.07) is 4.52. The molecule has 2 rings (SSSR count). The van der Waals surface area contributed by atoms with Gasteiger partial charge in [-0.05, 0) is 37.3 Å². The summed E-state index contributed by atoms with van der Waals surface area (Å²) >= 11 is 1.75. The largest absolute Gasteiger partial charge is 0.495 e. The molecule has 1 aliphatic carbocycles. The Morgan fingerprint density at radius 1 is 1.38 bits per heavy atom. The summed E-state index contributed by atoms with van der Waals surface area (Å²) in [5, 5.41) is 0. The van der Waals surface area contributed by atoms with Gasteiger partial charge in [-0.1, -0.05) is 12.8 Å². The van der Waals surface area contributed by atoms with Crippen LogP contribution in [0.3, 0.4) is 0 Å². The van der Waals surface area contributed by atoms with Crippen LogP contribution < -0.4 is 15.2 Å². The molecule has 118 valence electrons. The first kappa shape index (κ1) is 16.5. The second kappa shape index (κ2) is 6.46. The molecule has 0 aromatic heterocycles. The maximum Gasteiger partial charge on any atom is 0.240 e. The molecule has 0 heterocycles. The van der Waals surface area contributed by atoms with Crippen molar-refractivity contribution in [2.75, 3.05) is 25.6 Å². The molecule has 21 heavy (non-hydrogen) atoms. The molecule has 1 aromatic rings. The zero-order valence-corrected chi connectivity index (χ0v) is 14.0. The van der Waals surface area contributed by atoms with Gasteiger partial charge in [0.2, 0.25) is 10.0 Å². The monoisotopic (exact) mass is 330 g/mol. The SMILES string of the molecule is COc1ccc(S(=O)(=O)NCC2(SC)CCCC2)cc1N. The van der Waals surface area contributed by atoms with E-state index in [0.717, 1.165) is 25.7 Å². The fourth-order valence-electron chi connectivity index (χ4n) is 2.66. The molecule has 0 radical (unpaired) electrons. The highest BCUT2D eigenvalue weighted by atomic mass is 32.2. The summed E-state index contributed by atoms with van der Waals surface area (Å²) < 4.78 is 32.6. The Hall–Kier alpha value is -0.920. The minimum atomic E-state index is -3.54. The van der Waals surface area contributed by atoms with E-state index in [0.29, 0.717) is 18.0 Å². The number of anilines is 1. The first-order valence-corrected chi connectivity index (χ1v) is 9.62. The molecule has 1 aliphatic rings. The second-order valence-electron chi connectivity index (χ2n) is 5.32. The van der Waals surface area contributed by atoms with E-state index in [-0.39, 0.29) is 9.64 Å². The average Bonchev–Trinajstić information content (AvgIpc) is 2.95. The van der Waals surface area contributed by atoms with Gasteiger partial charge in [-0.15, -0.1) is 0 Å². The molecule has 1 saturated carbocycles. The van der Waals surface area contributed by atoms with Crippen molar-refractivity contribution >= 4 is 27.5 Å². The minimum Gasteiger partial charge on any atom is -0.495 e. The van der Waals surface area contributed by atoms with E-state index in [1.54, 1.807) is 17.8 Å². The van der Waals surface area contributed by atoms with Crippen LogP contribution in [0.15, 0.2) is 23.1 Å². The van der Waals surface area contributed by atoms with Crippen molar-refractivity contribution in [3.05, 3.63) is 18.2 Å². The second-order valence-corrected chi connectivity index (χ2v) is 8.36. The molecule has 1 aromatic carbocycles. The minimum absolute atomic E-state index is 0.0328. The molecule has 0 bridgehead atoms. The summed E-state index contributed by atoms with van der Waals surface area (Å²) in [6.07, 6.45) is 6.49. The summed E-state index contributed by atoms with van der Waals surface area (Å²) in [7, 11) is -2.04. The predicted octanol–water partition coefficient (Wildman–Crippen LogP) is 2.23. The van der Waals surface area contributed by atoms with E-state index < -0.39 is 10.0 Å². The van der Waals surface area contributed by atoms with E-state index in [4.69, 9.17) is 10.5 Å². The lowest BCUT2D eigenvalue weighted by Crippen LogP contribution is -2.38. The maximum atomic E-state index is 12.4. The number of thioether (sulfide) groups is 1. The Bertz CT molecular complexity index is 596. The molecule has 0 saturated heterocycles. The van der Waals surface area contributed by atoms with Gasteiger partial charge in [-0.3, -0.25) is 0 Å². The van der Waals surface area contributed by atoms with Gasteiger partial charge in [-0.25, -0.2) is 13.1 Å². The van der Waals surface area contributed by atoms with Gasteiger partial charge >= 0.3 is 0 Å². The lowest BCUT2D eigenvalue weighted by Gasteiger charge is -2.26. The van der Waals surface area contributed by atoms with Crippen LogP contribution in [-0.2, 0) is 10.0 Å². The van der Waals surface area contributed by atoms with E-state index in [2.05, 4.69) is 4.72 Å². The normalized spacial score (nSPS) is 17.8. The number of nitrogens with one attached hydrogen (secondary N) is 1. The zero-order valence-electron chi connectivity index (χ0n) is 12.4. The molecular weight excluding hydrogens is 308 g/mol. The van der Waals surface area contributed by atoms with Crippen LogP contribution in [0, 0.1) is 0 Å². The summed E-state index contributed by atoms with van der Waals surface area (Å²) in [4.78, 5) is 0.176. The molecule has 0 atom stereocenters. The molecule has 0 unspecified atom stereocenters. The van der Waals surface area contributed by atoms with Gasteiger partial charge in [0.1, 0.15) is 5.75 Å². The quantitative estimate of drug-likeness (QED) is 0.782. The lowest BCUT2D eigenvalue weighted by atomic mass is 10.1. The number of methoxy groups -OCH3 is 1. The first-order chi connectivity index (χ1) is 9.92. The van der Waals surface area contributed by atoms with Crippen molar-refractivity contribution in [1.29, 1.82) is 0 Å².